The monoisotopic (exact) mass is 400 g/mol. The third kappa shape index (κ3) is 6.04. The van der Waals surface area contributed by atoms with Gasteiger partial charge < -0.3 is 19.7 Å². The van der Waals surface area contributed by atoms with Crippen molar-refractivity contribution in [3.8, 4) is 11.5 Å². The molecule has 0 spiro atoms. The Morgan fingerprint density at radius 1 is 1.00 bits per heavy atom. The van der Waals surface area contributed by atoms with E-state index in [2.05, 4.69) is 14.8 Å². The number of hydrogen-bond acceptors (Lipinski definition) is 4. The minimum absolute atomic E-state index is 0.0482. The van der Waals surface area contributed by atoms with Gasteiger partial charge in [0.2, 0.25) is 5.91 Å². The first-order chi connectivity index (χ1) is 13.3. The number of nitrogens with zero attached hydrogens (tertiary/aromatic N) is 1. The molecule has 2 aromatic rings. The van der Waals surface area contributed by atoms with Crippen LogP contribution < -0.4 is 19.7 Å². The number of para-hydroxylation sites is 1. The minimum Gasteiger partial charge on any atom is -0.435 e. The highest BCUT2D eigenvalue weighted by atomic mass is 19.3. The predicted octanol–water partition coefficient (Wildman–Crippen LogP) is 4.74. The fourth-order valence-corrected chi connectivity index (χ4v) is 2.59. The van der Waals surface area contributed by atoms with E-state index >= 15 is 0 Å². The van der Waals surface area contributed by atoms with Gasteiger partial charge in [0, 0.05) is 17.8 Å². The van der Waals surface area contributed by atoms with Crippen molar-refractivity contribution in [1.29, 1.82) is 0 Å². The van der Waals surface area contributed by atoms with Gasteiger partial charge in [0.15, 0.2) is 5.75 Å². The number of benzene rings is 2. The van der Waals surface area contributed by atoms with E-state index in [0.29, 0.717) is 5.69 Å². The first kappa shape index (κ1) is 21.3. The van der Waals surface area contributed by atoms with Crippen molar-refractivity contribution in [1.82, 2.24) is 0 Å². The summed E-state index contributed by atoms with van der Waals surface area (Å²) in [7, 11) is 0. The van der Waals surface area contributed by atoms with Crippen molar-refractivity contribution in [2.75, 3.05) is 16.8 Å². The average molecular weight is 400 g/mol. The molecular weight excluding hydrogens is 380 g/mol. The van der Waals surface area contributed by atoms with Gasteiger partial charge in [-0.3, -0.25) is 4.79 Å². The number of carbonyl (C=O) groups is 1. The van der Waals surface area contributed by atoms with Crippen LogP contribution in [0, 0.1) is 0 Å². The smallest absolute Gasteiger partial charge is 0.387 e. The maximum Gasteiger partial charge on any atom is 0.387 e. The molecule has 1 N–H and O–H groups in total. The van der Waals surface area contributed by atoms with Gasteiger partial charge in [-0.25, -0.2) is 0 Å². The van der Waals surface area contributed by atoms with Crippen LogP contribution in [0.25, 0.3) is 0 Å². The molecule has 2 aromatic carbocycles. The molecular formula is C19H20F4N2O3. The third-order valence-corrected chi connectivity index (χ3v) is 3.64. The van der Waals surface area contributed by atoms with Crippen LogP contribution in [0.2, 0.25) is 0 Å². The molecule has 0 radical (unpaired) electrons. The van der Waals surface area contributed by atoms with Crippen molar-refractivity contribution < 1.29 is 31.8 Å². The van der Waals surface area contributed by atoms with E-state index in [1.165, 1.54) is 6.07 Å². The molecule has 0 aliphatic carbocycles. The van der Waals surface area contributed by atoms with Crippen LogP contribution in [-0.2, 0) is 4.79 Å². The Morgan fingerprint density at radius 3 is 2.21 bits per heavy atom. The minimum atomic E-state index is -3.17. The summed E-state index contributed by atoms with van der Waals surface area (Å²) in [6.07, 6.45) is 0. The van der Waals surface area contributed by atoms with Gasteiger partial charge in [-0.1, -0.05) is 18.2 Å². The van der Waals surface area contributed by atoms with Crippen LogP contribution in [0.1, 0.15) is 13.8 Å². The Hall–Kier alpha value is -2.97. The summed E-state index contributed by atoms with van der Waals surface area (Å²) in [5.74, 6) is -1.05. The lowest BCUT2D eigenvalue weighted by Gasteiger charge is -2.27. The number of ether oxygens (including phenoxy) is 2. The summed E-state index contributed by atoms with van der Waals surface area (Å²) in [4.78, 5) is 14.2. The van der Waals surface area contributed by atoms with Crippen LogP contribution >= 0.6 is 0 Å². The summed E-state index contributed by atoms with van der Waals surface area (Å²) in [5.41, 5.74) is 0.737. The molecule has 5 nitrogen and oxygen atoms in total. The van der Waals surface area contributed by atoms with Crippen LogP contribution in [0.5, 0.6) is 11.5 Å². The lowest BCUT2D eigenvalue weighted by atomic mass is 10.2. The second-order valence-electron chi connectivity index (χ2n) is 5.96. The van der Waals surface area contributed by atoms with E-state index in [4.69, 9.17) is 0 Å². The maximum atomic E-state index is 12.7. The summed E-state index contributed by atoms with van der Waals surface area (Å²) in [6, 6.07) is 12.1. The Kier molecular flexibility index (Phi) is 7.48. The third-order valence-electron chi connectivity index (χ3n) is 3.64. The molecule has 2 rings (SSSR count). The largest absolute Gasteiger partial charge is 0.435 e. The summed E-state index contributed by atoms with van der Waals surface area (Å²) >= 11 is 0. The molecule has 0 saturated carbocycles. The highest BCUT2D eigenvalue weighted by molar-refractivity contribution is 5.96. The lowest BCUT2D eigenvalue weighted by Crippen LogP contribution is -2.40. The number of amides is 1. The lowest BCUT2D eigenvalue weighted by molar-refractivity contribution is -0.117. The van der Waals surface area contributed by atoms with Gasteiger partial charge in [0.1, 0.15) is 5.75 Å². The molecule has 0 aromatic heterocycles. The Labute approximate surface area is 159 Å². The van der Waals surface area contributed by atoms with Gasteiger partial charge in [-0.15, -0.1) is 0 Å². The number of halogens is 4. The molecule has 9 heteroatoms. The SMILES string of the molecule is CC(C)N(C(=O)CNc1ccc(OC(F)F)cc1OC(F)F)c1ccccc1. The number of anilines is 2. The number of rotatable bonds is 9. The Morgan fingerprint density at radius 2 is 1.64 bits per heavy atom. The number of nitrogens with one attached hydrogen (secondary N) is 1. The van der Waals surface area contributed by atoms with Crippen LogP contribution in [-0.4, -0.2) is 31.7 Å². The van der Waals surface area contributed by atoms with E-state index < -0.39 is 19.0 Å². The molecule has 0 atom stereocenters. The second-order valence-corrected chi connectivity index (χ2v) is 5.96. The van der Waals surface area contributed by atoms with Crippen molar-refractivity contribution >= 4 is 17.3 Å². The highest BCUT2D eigenvalue weighted by Crippen LogP contribution is 2.31. The topological polar surface area (TPSA) is 50.8 Å². The summed E-state index contributed by atoms with van der Waals surface area (Å²) in [5, 5.41) is 2.71. The molecule has 28 heavy (non-hydrogen) atoms. The fourth-order valence-electron chi connectivity index (χ4n) is 2.59. The van der Waals surface area contributed by atoms with Gasteiger partial charge in [0.25, 0.3) is 0 Å². The van der Waals surface area contributed by atoms with Gasteiger partial charge >= 0.3 is 13.2 Å². The zero-order valence-electron chi connectivity index (χ0n) is 15.2. The van der Waals surface area contributed by atoms with Crippen molar-refractivity contribution in [3.05, 3.63) is 48.5 Å². The molecule has 0 bridgehead atoms. The van der Waals surface area contributed by atoms with Crippen LogP contribution in [0.15, 0.2) is 48.5 Å². The predicted molar refractivity (Wildman–Crippen MR) is 97.3 cm³/mol. The molecule has 1 amide bonds. The van der Waals surface area contributed by atoms with E-state index in [0.717, 1.165) is 12.1 Å². The first-order valence-electron chi connectivity index (χ1n) is 8.42. The average Bonchev–Trinajstić information content (AvgIpc) is 2.61. The number of alkyl halides is 4. The summed E-state index contributed by atoms with van der Waals surface area (Å²) < 4.78 is 58.4. The standard InChI is InChI=1S/C19H20F4N2O3/c1-12(2)25(13-6-4-3-5-7-13)17(26)11-24-15-9-8-14(27-18(20)21)10-16(15)28-19(22)23/h3-10,12,18-19,24H,11H2,1-2H3. The highest BCUT2D eigenvalue weighted by Gasteiger charge is 2.20. The van der Waals surface area contributed by atoms with E-state index in [9.17, 15) is 22.4 Å². The van der Waals surface area contributed by atoms with Gasteiger partial charge in [-0.2, -0.15) is 17.6 Å². The summed E-state index contributed by atoms with van der Waals surface area (Å²) in [6.45, 7) is -2.82. The molecule has 152 valence electrons. The molecule has 0 unspecified atom stereocenters. The molecule has 0 fully saturated rings. The molecule has 0 aliphatic heterocycles. The zero-order valence-corrected chi connectivity index (χ0v) is 15.2. The molecule has 0 saturated heterocycles. The molecule has 0 aliphatic rings. The van der Waals surface area contributed by atoms with E-state index in [1.54, 1.807) is 29.2 Å². The van der Waals surface area contributed by atoms with Crippen molar-refractivity contribution in [2.24, 2.45) is 0 Å². The quantitative estimate of drug-likeness (QED) is 0.618. The van der Waals surface area contributed by atoms with Gasteiger partial charge in [0.05, 0.1) is 12.2 Å². The molecule has 0 heterocycles. The zero-order chi connectivity index (χ0) is 20.7. The number of hydrogen-bond donors (Lipinski definition) is 1. The van der Waals surface area contributed by atoms with Crippen LogP contribution in [0.3, 0.4) is 0 Å². The number of carbonyl (C=O) groups excluding carboxylic acids is 1. The first-order valence-corrected chi connectivity index (χ1v) is 8.42. The Balaban J connectivity index is 2.16. The second kappa shape index (κ2) is 9.82. The van der Waals surface area contributed by atoms with Gasteiger partial charge in [-0.05, 0) is 38.1 Å². The van der Waals surface area contributed by atoms with E-state index in [-0.39, 0.29) is 29.9 Å². The van der Waals surface area contributed by atoms with Crippen molar-refractivity contribution in [2.45, 2.75) is 33.1 Å². The Bertz CT molecular complexity index is 773. The van der Waals surface area contributed by atoms with E-state index in [1.807, 2.05) is 19.9 Å². The van der Waals surface area contributed by atoms with Crippen LogP contribution in [0.4, 0.5) is 28.9 Å². The fraction of sp³-hybridized carbons (Fsp3) is 0.316. The van der Waals surface area contributed by atoms with Crippen molar-refractivity contribution in [3.63, 3.8) is 0 Å². The normalized spacial score (nSPS) is 11.0. The maximum absolute atomic E-state index is 12.7.